The fourth-order valence-electron chi connectivity index (χ4n) is 1.96. The minimum absolute atomic E-state index is 0.418. The SMILES string of the molecule is CNCc1ccc(OC2CCCC2)cn1. The van der Waals surface area contributed by atoms with Gasteiger partial charge in [0.05, 0.1) is 18.0 Å². The first-order valence-corrected chi connectivity index (χ1v) is 5.64. The van der Waals surface area contributed by atoms with Gasteiger partial charge in [-0.3, -0.25) is 4.98 Å². The summed E-state index contributed by atoms with van der Waals surface area (Å²) < 4.78 is 5.83. The summed E-state index contributed by atoms with van der Waals surface area (Å²) in [5.41, 5.74) is 1.05. The van der Waals surface area contributed by atoms with Crippen LogP contribution in [0.2, 0.25) is 0 Å². The van der Waals surface area contributed by atoms with E-state index in [-0.39, 0.29) is 0 Å². The van der Waals surface area contributed by atoms with Crippen LogP contribution < -0.4 is 10.1 Å². The number of pyridine rings is 1. The summed E-state index contributed by atoms with van der Waals surface area (Å²) in [4.78, 5) is 4.32. The van der Waals surface area contributed by atoms with E-state index in [2.05, 4.69) is 10.3 Å². The molecule has 1 fully saturated rings. The summed E-state index contributed by atoms with van der Waals surface area (Å²) in [5.74, 6) is 0.904. The Morgan fingerprint density at radius 1 is 1.40 bits per heavy atom. The fraction of sp³-hybridized carbons (Fsp3) is 0.583. The van der Waals surface area contributed by atoms with E-state index in [0.29, 0.717) is 6.10 Å². The molecule has 1 aromatic rings. The lowest BCUT2D eigenvalue weighted by atomic mass is 10.3. The van der Waals surface area contributed by atoms with E-state index in [9.17, 15) is 0 Å². The van der Waals surface area contributed by atoms with Gasteiger partial charge in [-0.1, -0.05) is 0 Å². The summed E-state index contributed by atoms with van der Waals surface area (Å²) in [7, 11) is 1.92. The van der Waals surface area contributed by atoms with Crippen LogP contribution in [0.1, 0.15) is 31.4 Å². The van der Waals surface area contributed by atoms with E-state index in [1.807, 2.05) is 25.4 Å². The Kier molecular flexibility index (Phi) is 3.56. The monoisotopic (exact) mass is 206 g/mol. The molecule has 0 atom stereocenters. The average molecular weight is 206 g/mol. The molecule has 0 aliphatic heterocycles. The van der Waals surface area contributed by atoms with Gasteiger partial charge in [-0.2, -0.15) is 0 Å². The number of aromatic nitrogens is 1. The molecule has 1 heterocycles. The van der Waals surface area contributed by atoms with E-state index in [1.165, 1.54) is 25.7 Å². The van der Waals surface area contributed by atoms with Crippen molar-refractivity contribution in [2.24, 2.45) is 0 Å². The second kappa shape index (κ2) is 5.12. The van der Waals surface area contributed by atoms with E-state index >= 15 is 0 Å². The van der Waals surface area contributed by atoms with Gasteiger partial charge in [-0.05, 0) is 44.9 Å². The Hall–Kier alpha value is -1.09. The standard InChI is InChI=1S/C12H18N2O/c1-13-8-10-6-7-12(9-14-10)15-11-4-2-3-5-11/h6-7,9,11,13H,2-5,8H2,1H3. The zero-order chi connectivity index (χ0) is 10.5. The summed E-state index contributed by atoms with van der Waals surface area (Å²) in [5, 5.41) is 3.07. The number of nitrogens with zero attached hydrogens (tertiary/aromatic N) is 1. The van der Waals surface area contributed by atoms with Crippen LogP contribution in [0.25, 0.3) is 0 Å². The van der Waals surface area contributed by atoms with Gasteiger partial charge >= 0.3 is 0 Å². The fourth-order valence-corrected chi connectivity index (χ4v) is 1.96. The molecule has 0 amide bonds. The van der Waals surface area contributed by atoms with Crippen molar-refractivity contribution in [1.29, 1.82) is 0 Å². The molecule has 1 N–H and O–H groups in total. The highest BCUT2D eigenvalue weighted by Crippen LogP contribution is 2.23. The van der Waals surface area contributed by atoms with Gasteiger partial charge in [-0.25, -0.2) is 0 Å². The summed E-state index contributed by atoms with van der Waals surface area (Å²) in [6, 6.07) is 4.03. The first-order chi connectivity index (χ1) is 7.38. The molecule has 0 radical (unpaired) electrons. The smallest absolute Gasteiger partial charge is 0.138 e. The highest BCUT2D eigenvalue weighted by atomic mass is 16.5. The van der Waals surface area contributed by atoms with Crippen LogP contribution in [0.4, 0.5) is 0 Å². The number of nitrogens with one attached hydrogen (secondary N) is 1. The van der Waals surface area contributed by atoms with Crippen LogP contribution in [-0.4, -0.2) is 18.1 Å². The summed E-state index contributed by atoms with van der Waals surface area (Å²) in [6.07, 6.45) is 7.23. The lowest BCUT2D eigenvalue weighted by Gasteiger charge is -2.12. The number of hydrogen-bond donors (Lipinski definition) is 1. The molecule has 1 aliphatic carbocycles. The van der Waals surface area contributed by atoms with E-state index in [1.54, 1.807) is 0 Å². The minimum atomic E-state index is 0.418. The average Bonchev–Trinajstić information content (AvgIpc) is 2.74. The van der Waals surface area contributed by atoms with Crippen molar-refractivity contribution in [2.75, 3.05) is 7.05 Å². The second-order valence-electron chi connectivity index (χ2n) is 4.04. The third-order valence-corrected chi connectivity index (χ3v) is 2.76. The molecule has 1 saturated carbocycles. The second-order valence-corrected chi connectivity index (χ2v) is 4.04. The Bertz CT molecular complexity index is 291. The van der Waals surface area contributed by atoms with Crippen molar-refractivity contribution < 1.29 is 4.74 Å². The normalized spacial score (nSPS) is 16.9. The van der Waals surface area contributed by atoms with Crippen molar-refractivity contribution in [3.8, 4) is 5.75 Å². The van der Waals surface area contributed by atoms with Crippen LogP contribution in [0.5, 0.6) is 5.75 Å². The molecular formula is C12H18N2O. The van der Waals surface area contributed by atoms with Crippen LogP contribution >= 0.6 is 0 Å². The molecular weight excluding hydrogens is 188 g/mol. The molecule has 0 bridgehead atoms. The molecule has 0 unspecified atom stereocenters. The van der Waals surface area contributed by atoms with Gasteiger partial charge in [0.25, 0.3) is 0 Å². The van der Waals surface area contributed by atoms with Gasteiger partial charge in [0.1, 0.15) is 5.75 Å². The zero-order valence-corrected chi connectivity index (χ0v) is 9.20. The lowest BCUT2D eigenvalue weighted by Crippen LogP contribution is -2.11. The first-order valence-electron chi connectivity index (χ1n) is 5.64. The topological polar surface area (TPSA) is 34.1 Å². The highest BCUT2D eigenvalue weighted by molar-refractivity contribution is 5.20. The van der Waals surface area contributed by atoms with Crippen molar-refractivity contribution in [3.05, 3.63) is 24.0 Å². The van der Waals surface area contributed by atoms with E-state index in [4.69, 9.17) is 4.74 Å². The quantitative estimate of drug-likeness (QED) is 0.819. The maximum absolute atomic E-state index is 5.83. The molecule has 1 aliphatic rings. The maximum Gasteiger partial charge on any atom is 0.138 e. The predicted molar refractivity (Wildman–Crippen MR) is 59.9 cm³/mol. The Morgan fingerprint density at radius 3 is 2.80 bits per heavy atom. The first kappa shape index (κ1) is 10.4. The molecule has 0 saturated heterocycles. The molecule has 3 nitrogen and oxygen atoms in total. The highest BCUT2D eigenvalue weighted by Gasteiger charge is 2.16. The Labute approximate surface area is 90.9 Å². The van der Waals surface area contributed by atoms with Crippen LogP contribution in [-0.2, 0) is 6.54 Å². The number of ether oxygens (including phenoxy) is 1. The van der Waals surface area contributed by atoms with Crippen LogP contribution in [0.15, 0.2) is 18.3 Å². The Morgan fingerprint density at radius 2 is 2.20 bits per heavy atom. The predicted octanol–water partition coefficient (Wildman–Crippen LogP) is 2.12. The third-order valence-electron chi connectivity index (χ3n) is 2.76. The molecule has 15 heavy (non-hydrogen) atoms. The van der Waals surface area contributed by atoms with Gasteiger partial charge in [-0.15, -0.1) is 0 Å². The van der Waals surface area contributed by atoms with Crippen molar-refractivity contribution in [1.82, 2.24) is 10.3 Å². The number of hydrogen-bond acceptors (Lipinski definition) is 3. The molecule has 0 spiro atoms. The zero-order valence-electron chi connectivity index (χ0n) is 9.20. The largest absolute Gasteiger partial charge is 0.489 e. The molecule has 1 aromatic heterocycles. The van der Waals surface area contributed by atoms with Crippen molar-refractivity contribution in [3.63, 3.8) is 0 Å². The van der Waals surface area contributed by atoms with Gasteiger partial charge < -0.3 is 10.1 Å². The molecule has 2 rings (SSSR count). The Balaban J connectivity index is 1.91. The van der Waals surface area contributed by atoms with E-state index < -0.39 is 0 Å². The van der Waals surface area contributed by atoms with Gasteiger partial charge in [0, 0.05) is 6.54 Å². The summed E-state index contributed by atoms with van der Waals surface area (Å²) in [6.45, 7) is 0.809. The van der Waals surface area contributed by atoms with Gasteiger partial charge in [0.15, 0.2) is 0 Å². The lowest BCUT2D eigenvalue weighted by molar-refractivity contribution is 0.209. The number of rotatable bonds is 4. The van der Waals surface area contributed by atoms with Crippen LogP contribution in [0, 0.1) is 0 Å². The minimum Gasteiger partial charge on any atom is -0.489 e. The molecule has 82 valence electrons. The van der Waals surface area contributed by atoms with E-state index in [0.717, 1.165) is 18.0 Å². The summed E-state index contributed by atoms with van der Waals surface area (Å²) >= 11 is 0. The third kappa shape index (κ3) is 2.93. The van der Waals surface area contributed by atoms with Crippen molar-refractivity contribution >= 4 is 0 Å². The molecule has 0 aromatic carbocycles. The maximum atomic E-state index is 5.83. The van der Waals surface area contributed by atoms with Gasteiger partial charge in [0.2, 0.25) is 0 Å². The van der Waals surface area contributed by atoms with Crippen LogP contribution in [0.3, 0.4) is 0 Å². The van der Waals surface area contributed by atoms with Crippen molar-refractivity contribution in [2.45, 2.75) is 38.3 Å². The molecule has 3 heteroatoms.